The van der Waals surface area contributed by atoms with Crippen molar-refractivity contribution in [1.29, 1.82) is 0 Å². The highest BCUT2D eigenvalue weighted by molar-refractivity contribution is 7.99. The van der Waals surface area contributed by atoms with Crippen LogP contribution in [-0.4, -0.2) is 28.4 Å². The highest BCUT2D eigenvalue weighted by Crippen LogP contribution is 2.27. The summed E-state index contributed by atoms with van der Waals surface area (Å²) in [6.45, 7) is 0. The quantitative estimate of drug-likeness (QED) is 0.927. The Labute approximate surface area is 117 Å². The van der Waals surface area contributed by atoms with Gasteiger partial charge in [0.2, 0.25) is 0 Å². The number of aromatic nitrogens is 1. The molecule has 1 aliphatic carbocycles. The van der Waals surface area contributed by atoms with Gasteiger partial charge in [0.05, 0.1) is 10.6 Å². The Balaban J connectivity index is 1.97. The molecule has 2 atom stereocenters. The van der Waals surface area contributed by atoms with Crippen LogP contribution in [0.1, 0.15) is 36.0 Å². The summed E-state index contributed by atoms with van der Waals surface area (Å²) in [6.07, 6.45) is 9.77. The molecule has 2 unspecified atom stereocenters. The highest BCUT2D eigenvalue weighted by Gasteiger charge is 2.23. The Hall–Kier alpha value is -0.740. The SMILES string of the molecule is CSC1CCCC(NC(=O)c2ccncc2Cl)C1. The molecule has 1 N–H and O–H groups in total. The van der Waals surface area contributed by atoms with Crippen molar-refractivity contribution in [3.63, 3.8) is 0 Å². The molecule has 0 saturated heterocycles. The van der Waals surface area contributed by atoms with Crippen molar-refractivity contribution in [2.24, 2.45) is 0 Å². The van der Waals surface area contributed by atoms with Crippen molar-refractivity contribution in [3.8, 4) is 0 Å². The number of halogens is 1. The maximum absolute atomic E-state index is 12.1. The van der Waals surface area contributed by atoms with Gasteiger partial charge in [0.15, 0.2) is 0 Å². The van der Waals surface area contributed by atoms with E-state index in [2.05, 4.69) is 16.6 Å². The van der Waals surface area contributed by atoms with E-state index in [0.717, 1.165) is 12.8 Å². The summed E-state index contributed by atoms with van der Waals surface area (Å²) in [6, 6.07) is 1.93. The first-order valence-electron chi connectivity index (χ1n) is 6.14. The van der Waals surface area contributed by atoms with Crippen molar-refractivity contribution in [2.45, 2.75) is 37.0 Å². The van der Waals surface area contributed by atoms with E-state index in [0.29, 0.717) is 15.8 Å². The Morgan fingerprint density at radius 1 is 1.56 bits per heavy atom. The van der Waals surface area contributed by atoms with Crippen molar-refractivity contribution >= 4 is 29.3 Å². The third kappa shape index (κ3) is 3.39. The molecule has 0 spiro atoms. The van der Waals surface area contributed by atoms with Gasteiger partial charge in [-0.05, 0) is 31.6 Å². The molecule has 5 heteroatoms. The van der Waals surface area contributed by atoms with Crippen LogP contribution in [0.3, 0.4) is 0 Å². The minimum absolute atomic E-state index is 0.0887. The number of thioether (sulfide) groups is 1. The van der Waals surface area contributed by atoms with Crippen molar-refractivity contribution < 1.29 is 4.79 Å². The van der Waals surface area contributed by atoms with E-state index in [1.165, 1.54) is 19.0 Å². The maximum Gasteiger partial charge on any atom is 0.253 e. The lowest BCUT2D eigenvalue weighted by Crippen LogP contribution is -2.39. The Morgan fingerprint density at radius 2 is 2.39 bits per heavy atom. The molecule has 18 heavy (non-hydrogen) atoms. The number of hydrogen-bond donors (Lipinski definition) is 1. The van der Waals surface area contributed by atoms with E-state index in [9.17, 15) is 4.79 Å². The minimum atomic E-state index is -0.0887. The number of hydrogen-bond acceptors (Lipinski definition) is 3. The monoisotopic (exact) mass is 284 g/mol. The molecule has 2 rings (SSSR count). The summed E-state index contributed by atoms with van der Waals surface area (Å²) in [4.78, 5) is 16.0. The summed E-state index contributed by atoms with van der Waals surface area (Å²) < 4.78 is 0. The zero-order valence-corrected chi connectivity index (χ0v) is 11.9. The lowest BCUT2D eigenvalue weighted by atomic mass is 9.94. The molecule has 0 aliphatic heterocycles. The fourth-order valence-electron chi connectivity index (χ4n) is 2.31. The summed E-state index contributed by atoms with van der Waals surface area (Å²) >= 11 is 7.85. The van der Waals surface area contributed by atoms with Crippen LogP contribution < -0.4 is 5.32 Å². The third-order valence-corrected chi connectivity index (χ3v) is 4.71. The summed E-state index contributed by atoms with van der Waals surface area (Å²) in [5.74, 6) is -0.0887. The zero-order valence-electron chi connectivity index (χ0n) is 10.4. The van der Waals surface area contributed by atoms with Gasteiger partial charge in [-0.15, -0.1) is 0 Å². The highest BCUT2D eigenvalue weighted by atomic mass is 35.5. The van der Waals surface area contributed by atoms with Gasteiger partial charge in [0.25, 0.3) is 5.91 Å². The fourth-order valence-corrected chi connectivity index (χ4v) is 3.34. The molecule has 1 amide bonds. The number of carbonyl (C=O) groups excluding carboxylic acids is 1. The summed E-state index contributed by atoms with van der Waals surface area (Å²) in [5.41, 5.74) is 0.512. The molecular weight excluding hydrogens is 268 g/mol. The standard InChI is InChI=1S/C13H17ClN2OS/c1-18-10-4-2-3-9(7-10)16-13(17)11-5-6-15-8-12(11)14/h5-6,8-10H,2-4,7H2,1H3,(H,16,17). The number of carbonyl (C=O) groups is 1. The maximum atomic E-state index is 12.1. The van der Waals surface area contributed by atoms with E-state index >= 15 is 0 Å². The van der Waals surface area contributed by atoms with Crippen LogP contribution in [0, 0.1) is 0 Å². The summed E-state index contributed by atoms with van der Waals surface area (Å²) in [7, 11) is 0. The Kier molecular flexibility index (Phi) is 4.89. The average molecular weight is 285 g/mol. The lowest BCUT2D eigenvalue weighted by Gasteiger charge is -2.28. The van der Waals surface area contributed by atoms with Crippen LogP contribution >= 0.6 is 23.4 Å². The van der Waals surface area contributed by atoms with Gasteiger partial charge >= 0.3 is 0 Å². The molecule has 1 saturated carbocycles. The van der Waals surface area contributed by atoms with E-state index in [4.69, 9.17) is 11.6 Å². The third-order valence-electron chi connectivity index (χ3n) is 3.31. The van der Waals surface area contributed by atoms with Crippen LogP contribution in [-0.2, 0) is 0 Å². The smallest absolute Gasteiger partial charge is 0.253 e. The van der Waals surface area contributed by atoms with E-state index in [-0.39, 0.29) is 11.9 Å². The predicted octanol–water partition coefficient (Wildman–Crippen LogP) is 3.14. The van der Waals surface area contributed by atoms with Crippen LogP contribution in [0.5, 0.6) is 0 Å². The summed E-state index contributed by atoms with van der Waals surface area (Å²) in [5, 5.41) is 4.15. The van der Waals surface area contributed by atoms with Gasteiger partial charge in [-0.2, -0.15) is 11.8 Å². The first kappa shape index (κ1) is 13.7. The molecule has 1 heterocycles. The van der Waals surface area contributed by atoms with Gasteiger partial charge < -0.3 is 5.32 Å². The number of pyridine rings is 1. The lowest BCUT2D eigenvalue weighted by molar-refractivity contribution is 0.0928. The van der Waals surface area contributed by atoms with Gasteiger partial charge in [-0.3, -0.25) is 9.78 Å². The second-order valence-electron chi connectivity index (χ2n) is 4.55. The Bertz CT molecular complexity index is 427. The van der Waals surface area contributed by atoms with E-state index in [1.54, 1.807) is 12.3 Å². The van der Waals surface area contributed by atoms with Crippen LogP contribution in [0.2, 0.25) is 5.02 Å². The van der Waals surface area contributed by atoms with Crippen molar-refractivity contribution in [1.82, 2.24) is 10.3 Å². The predicted molar refractivity (Wildman–Crippen MR) is 76.3 cm³/mol. The first-order valence-corrected chi connectivity index (χ1v) is 7.80. The van der Waals surface area contributed by atoms with E-state index in [1.807, 2.05) is 11.8 Å². The van der Waals surface area contributed by atoms with Gasteiger partial charge in [-0.25, -0.2) is 0 Å². The molecular formula is C13H17ClN2OS. The normalized spacial score (nSPS) is 23.7. The molecule has 3 nitrogen and oxygen atoms in total. The number of nitrogens with one attached hydrogen (secondary N) is 1. The molecule has 1 aromatic rings. The number of rotatable bonds is 3. The topological polar surface area (TPSA) is 42.0 Å². The van der Waals surface area contributed by atoms with Crippen LogP contribution in [0.15, 0.2) is 18.5 Å². The molecule has 0 bridgehead atoms. The number of nitrogens with zero attached hydrogens (tertiary/aromatic N) is 1. The first-order chi connectivity index (χ1) is 8.70. The van der Waals surface area contributed by atoms with Crippen LogP contribution in [0.4, 0.5) is 0 Å². The second-order valence-corrected chi connectivity index (χ2v) is 6.10. The zero-order chi connectivity index (χ0) is 13.0. The van der Waals surface area contributed by atoms with Gasteiger partial charge in [-0.1, -0.05) is 18.0 Å². The molecule has 1 aromatic heterocycles. The second kappa shape index (κ2) is 6.43. The van der Waals surface area contributed by atoms with Gasteiger partial charge in [0.1, 0.15) is 0 Å². The minimum Gasteiger partial charge on any atom is -0.349 e. The fraction of sp³-hybridized carbons (Fsp3) is 0.538. The van der Waals surface area contributed by atoms with Crippen LogP contribution in [0.25, 0.3) is 0 Å². The molecule has 98 valence electrons. The van der Waals surface area contributed by atoms with Crippen molar-refractivity contribution in [2.75, 3.05) is 6.26 Å². The number of amides is 1. The van der Waals surface area contributed by atoms with Crippen molar-refractivity contribution in [3.05, 3.63) is 29.0 Å². The van der Waals surface area contributed by atoms with Gasteiger partial charge in [0, 0.05) is 23.7 Å². The largest absolute Gasteiger partial charge is 0.349 e. The molecule has 1 fully saturated rings. The molecule has 0 radical (unpaired) electrons. The Morgan fingerprint density at radius 3 is 3.11 bits per heavy atom. The molecule has 1 aliphatic rings. The average Bonchev–Trinajstić information content (AvgIpc) is 2.39. The van der Waals surface area contributed by atoms with E-state index < -0.39 is 0 Å². The molecule has 0 aromatic carbocycles.